The van der Waals surface area contributed by atoms with Crippen LogP contribution in [0.3, 0.4) is 0 Å². The number of barbiturate groups is 1. The van der Waals surface area contributed by atoms with Gasteiger partial charge in [-0.1, -0.05) is 40.2 Å². The molecule has 0 atom stereocenters. The van der Waals surface area contributed by atoms with Crippen LogP contribution in [0.5, 0.6) is 11.5 Å². The van der Waals surface area contributed by atoms with E-state index in [4.69, 9.17) is 21.1 Å². The first kappa shape index (κ1) is 22.6. The lowest BCUT2D eigenvalue weighted by molar-refractivity contribution is -0.122. The van der Waals surface area contributed by atoms with E-state index in [1.807, 2.05) is 6.92 Å². The maximum absolute atomic E-state index is 13.1. The topological polar surface area (TPSA) is 84.9 Å². The number of nitrogens with zero attached hydrogens (tertiary/aromatic N) is 1. The van der Waals surface area contributed by atoms with Crippen molar-refractivity contribution in [1.82, 2.24) is 5.32 Å². The molecule has 1 heterocycles. The molecule has 0 saturated carbocycles. The number of ether oxygens (including phenoxy) is 2. The van der Waals surface area contributed by atoms with Crippen LogP contribution in [-0.2, 0) is 9.59 Å². The second kappa shape index (κ2) is 9.36. The quantitative estimate of drug-likeness (QED) is 0.351. The molecule has 0 unspecified atom stereocenters. The number of rotatable bonds is 6. The molecule has 0 radical (unpaired) electrons. The molecular formula is C22H18BrClN2O5. The number of imide groups is 2. The van der Waals surface area contributed by atoms with E-state index in [1.54, 1.807) is 30.3 Å². The lowest BCUT2D eigenvalue weighted by Crippen LogP contribution is -2.54. The van der Waals surface area contributed by atoms with Crippen molar-refractivity contribution in [2.24, 2.45) is 0 Å². The minimum absolute atomic E-state index is 0.223. The van der Waals surface area contributed by atoms with Crippen molar-refractivity contribution in [2.45, 2.75) is 6.92 Å². The predicted octanol–water partition coefficient (Wildman–Crippen LogP) is 4.65. The average molecular weight is 506 g/mol. The van der Waals surface area contributed by atoms with Crippen molar-refractivity contribution in [3.05, 3.63) is 69.2 Å². The lowest BCUT2D eigenvalue weighted by atomic mass is 10.1. The van der Waals surface area contributed by atoms with Crippen LogP contribution in [0.15, 0.2) is 53.0 Å². The summed E-state index contributed by atoms with van der Waals surface area (Å²) in [4.78, 5) is 38.8. The molecule has 2 aromatic carbocycles. The van der Waals surface area contributed by atoms with Crippen molar-refractivity contribution in [2.75, 3.05) is 18.6 Å². The van der Waals surface area contributed by atoms with Crippen molar-refractivity contribution in [1.29, 1.82) is 0 Å². The largest absolute Gasteiger partial charge is 0.493 e. The van der Waals surface area contributed by atoms with Crippen LogP contribution in [0.2, 0.25) is 5.02 Å². The zero-order valence-corrected chi connectivity index (χ0v) is 19.0. The molecule has 1 N–H and O–H groups in total. The predicted molar refractivity (Wildman–Crippen MR) is 122 cm³/mol. The second-order valence-electron chi connectivity index (χ2n) is 6.53. The van der Waals surface area contributed by atoms with Crippen LogP contribution in [0.4, 0.5) is 10.5 Å². The molecule has 2 aromatic rings. The van der Waals surface area contributed by atoms with Gasteiger partial charge in [-0.2, -0.15) is 0 Å². The fourth-order valence-electron chi connectivity index (χ4n) is 2.93. The van der Waals surface area contributed by atoms with Gasteiger partial charge >= 0.3 is 6.03 Å². The number of urea groups is 1. The fraction of sp³-hybridized carbons (Fsp3) is 0.136. The van der Waals surface area contributed by atoms with Gasteiger partial charge in [0.1, 0.15) is 12.2 Å². The molecular weight excluding hydrogens is 488 g/mol. The van der Waals surface area contributed by atoms with E-state index < -0.39 is 17.8 Å². The van der Waals surface area contributed by atoms with Gasteiger partial charge in [-0.3, -0.25) is 14.9 Å². The summed E-state index contributed by atoms with van der Waals surface area (Å²) in [6.45, 7) is 5.63. The maximum atomic E-state index is 13.1. The first-order valence-corrected chi connectivity index (χ1v) is 10.2. The minimum Gasteiger partial charge on any atom is -0.493 e. The Hall–Kier alpha value is -3.10. The maximum Gasteiger partial charge on any atom is 0.335 e. The average Bonchev–Trinajstić information content (AvgIpc) is 2.72. The van der Waals surface area contributed by atoms with Crippen LogP contribution in [0.1, 0.15) is 11.1 Å². The van der Waals surface area contributed by atoms with E-state index in [0.717, 1.165) is 14.9 Å². The minimum atomic E-state index is -0.822. The molecule has 9 heteroatoms. The molecule has 0 bridgehead atoms. The van der Waals surface area contributed by atoms with Gasteiger partial charge in [-0.15, -0.1) is 0 Å². The first-order valence-electron chi connectivity index (χ1n) is 9.05. The highest BCUT2D eigenvalue weighted by Gasteiger charge is 2.37. The molecule has 0 aliphatic carbocycles. The van der Waals surface area contributed by atoms with E-state index in [2.05, 4.69) is 27.8 Å². The molecule has 31 heavy (non-hydrogen) atoms. The summed E-state index contributed by atoms with van der Waals surface area (Å²) < 4.78 is 11.6. The molecule has 1 aliphatic rings. The number of nitrogens with one attached hydrogen (secondary N) is 1. The van der Waals surface area contributed by atoms with E-state index in [0.29, 0.717) is 22.7 Å². The number of amides is 4. The van der Waals surface area contributed by atoms with Crippen molar-refractivity contribution in [3.8, 4) is 11.5 Å². The number of hydrogen-bond acceptors (Lipinski definition) is 5. The number of carbonyl (C=O) groups is 3. The Labute approximate surface area is 192 Å². The molecule has 1 saturated heterocycles. The summed E-state index contributed by atoms with van der Waals surface area (Å²) in [5.41, 5.74) is 1.36. The smallest absolute Gasteiger partial charge is 0.335 e. The highest BCUT2D eigenvalue weighted by atomic mass is 79.9. The molecule has 3 rings (SSSR count). The Morgan fingerprint density at radius 3 is 2.61 bits per heavy atom. The fourth-order valence-corrected chi connectivity index (χ4v) is 3.45. The van der Waals surface area contributed by atoms with Crippen LogP contribution >= 0.6 is 27.5 Å². The normalized spacial score (nSPS) is 15.2. The second-order valence-corrected chi connectivity index (χ2v) is 7.79. The zero-order valence-electron chi connectivity index (χ0n) is 16.7. The van der Waals surface area contributed by atoms with Crippen LogP contribution in [-0.4, -0.2) is 31.6 Å². The summed E-state index contributed by atoms with van der Waals surface area (Å²) in [6.07, 6.45) is 2.90. The Morgan fingerprint density at radius 1 is 1.23 bits per heavy atom. The third-order valence-electron chi connectivity index (χ3n) is 4.41. The Morgan fingerprint density at radius 2 is 1.97 bits per heavy atom. The molecule has 1 fully saturated rings. The Bertz CT molecular complexity index is 1130. The number of hydrogen-bond donors (Lipinski definition) is 1. The highest BCUT2D eigenvalue weighted by molar-refractivity contribution is 9.10. The number of benzene rings is 2. The number of halogens is 2. The van der Waals surface area contributed by atoms with Crippen LogP contribution < -0.4 is 19.7 Å². The van der Waals surface area contributed by atoms with E-state index in [9.17, 15) is 14.4 Å². The summed E-state index contributed by atoms with van der Waals surface area (Å²) in [5, 5.41) is 2.42. The van der Waals surface area contributed by atoms with Crippen molar-refractivity contribution >= 4 is 57.1 Å². The number of methoxy groups -OCH3 is 1. The van der Waals surface area contributed by atoms with Crippen molar-refractivity contribution < 1.29 is 23.9 Å². The monoisotopic (exact) mass is 504 g/mol. The molecule has 1 aliphatic heterocycles. The summed E-state index contributed by atoms with van der Waals surface area (Å²) >= 11 is 9.68. The summed E-state index contributed by atoms with van der Waals surface area (Å²) in [6, 6.07) is 7.27. The van der Waals surface area contributed by atoms with E-state index in [-0.39, 0.29) is 17.2 Å². The van der Waals surface area contributed by atoms with Crippen LogP contribution in [0.25, 0.3) is 6.08 Å². The van der Waals surface area contributed by atoms with Gasteiger partial charge in [0.15, 0.2) is 11.5 Å². The zero-order chi connectivity index (χ0) is 22.7. The van der Waals surface area contributed by atoms with Gasteiger partial charge in [0.05, 0.1) is 17.8 Å². The van der Waals surface area contributed by atoms with E-state index >= 15 is 0 Å². The van der Waals surface area contributed by atoms with Gasteiger partial charge < -0.3 is 9.47 Å². The van der Waals surface area contributed by atoms with E-state index in [1.165, 1.54) is 19.3 Å². The number of anilines is 1. The molecule has 0 spiro atoms. The SMILES string of the molecule is C=CCOc1c(Cl)cc(/C=C2\C(=O)NC(=O)N(c3ccc(Br)c(C)c3)C2=O)cc1OC. The number of carbonyl (C=O) groups excluding carboxylic acids is 3. The standard InChI is InChI=1S/C22H18BrClN2O5/c1-4-7-31-19-17(24)10-13(11-18(19)30-3)9-15-20(27)25-22(29)26(21(15)28)14-5-6-16(23)12(2)8-14/h4-6,8-11H,1,7H2,2-3H3,(H,25,27,29)/b15-9+. The Balaban J connectivity index is 2.02. The Kier molecular flexibility index (Phi) is 6.82. The summed E-state index contributed by atoms with van der Waals surface area (Å²) in [7, 11) is 1.44. The molecule has 7 nitrogen and oxygen atoms in total. The third-order valence-corrected chi connectivity index (χ3v) is 5.58. The third kappa shape index (κ3) is 4.65. The molecule has 0 aromatic heterocycles. The number of aryl methyl sites for hydroxylation is 1. The van der Waals surface area contributed by atoms with Crippen molar-refractivity contribution in [3.63, 3.8) is 0 Å². The molecule has 160 valence electrons. The van der Waals surface area contributed by atoms with Gasteiger partial charge in [0, 0.05) is 4.47 Å². The highest BCUT2D eigenvalue weighted by Crippen LogP contribution is 2.37. The van der Waals surface area contributed by atoms with Gasteiger partial charge in [-0.25, -0.2) is 9.69 Å². The summed E-state index contributed by atoms with van der Waals surface area (Å²) in [5.74, 6) is -0.922. The van der Waals surface area contributed by atoms with Gasteiger partial charge in [0.25, 0.3) is 11.8 Å². The first-order chi connectivity index (χ1) is 14.8. The van der Waals surface area contributed by atoms with Gasteiger partial charge in [-0.05, 0) is 54.5 Å². The lowest BCUT2D eigenvalue weighted by Gasteiger charge is -2.26. The van der Waals surface area contributed by atoms with Gasteiger partial charge in [0.2, 0.25) is 0 Å². The molecule has 4 amide bonds. The van der Waals surface area contributed by atoms with Crippen LogP contribution in [0, 0.1) is 6.92 Å².